The maximum absolute atomic E-state index is 13.0. The average molecular weight is 389 g/mol. The van der Waals surface area contributed by atoms with Gasteiger partial charge in [-0.1, -0.05) is 23.1 Å². The lowest BCUT2D eigenvalue weighted by molar-refractivity contribution is 0.0994. The van der Waals surface area contributed by atoms with Gasteiger partial charge in [-0.05, 0) is 55.5 Å². The zero-order chi connectivity index (χ0) is 18.5. The first kappa shape index (κ1) is 18.3. The fraction of sp³-hybridized carbons (Fsp3) is 0.167. The lowest BCUT2D eigenvalue weighted by Crippen LogP contribution is -2.13. The molecule has 1 aromatic heterocycles. The first-order chi connectivity index (χ1) is 12.5. The summed E-state index contributed by atoms with van der Waals surface area (Å²) in [4.78, 5) is 12.4. The van der Waals surface area contributed by atoms with Gasteiger partial charge in [-0.3, -0.25) is 4.79 Å². The van der Waals surface area contributed by atoms with Gasteiger partial charge in [0, 0.05) is 11.3 Å². The Bertz CT molecular complexity index is 882. The Hall–Kier alpha value is -2.45. The molecule has 2 aromatic carbocycles. The second-order valence-electron chi connectivity index (χ2n) is 5.36. The summed E-state index contributed by atoms with van der Waals surface area (Å²) in [5.74, 6) is 0.340. The van der Waals surface area contributed by atoms with E-state index in [9.17, 15) is 9.18 Å². The van der Waals surface area contributed by atoms with E-state index in [0.717, 1.165) is 11.4 Å². The summed E-state index contributed by atoms with van der Waals surface area (Å²) < 4.78 is 18.8. The monoisotopic (exact) mass is 389 g/mol. The third kappa shape index (κ3) is 4.59. The molecule has 0 unspecified atom stereocenters. The molecular formula is C18H16FN3O2S2. The minimum absolute atomic E-state index is 0.0742. The first-order valence-corrected chi connectivity index (χ1v) is 9.46. The van der Waals surface area contributed by atoms with Crippen LogP contribution in [0.3, 0.4) is 0 Å². The van der Waals surface area contributed by atoms with Crippen molar-refractivity contribution in [3.05, 3.63) is 59.9 Å². The quantitative estimate of drug-likeness (QED) is 0.463. The van der Waals surface area contributed by atoms with Crippen LogP contribution in [0.15, 0.2) is 52.9 Å². The van der Waals surface area contributed by atoms with Crippen LogP contribution in [0.25, 0.3) is 0 Å². The Kier molecular flexibility index (Phi) is 5.85. The summed E-state index contributed by atoms with van der Waals surface area (Å²) in [6, 6.07) is 13.0. The molecule has 5 nitrogen and oxygen atoms in total. The Balaban J connectivity index is 1.61. The highest BCUT2D eigenvalue weighted by Crippen LogP contribution is 2.31. The van der Waals surface area contributed by atoms with Crippen molar-refractivity contribution in [2.24, 2.45) is 0 Å². The second kappa shape index (κ2) is 8.29. The van der Waals surface area contributed by atoms with Gasteiger partial charge in [0.15, 0.2) is 10.1 Å². The number of benzene rings is 2. The molecule has 1 atom stereocenters. The molecule has 0 bridgehead atoms. The number of ketones is 1. The molecule has 3 aromatic rings. The number of methoxy groups -OCH3 is 1. The number of Topliss-reactive ketones (excluding diaryl/α,β-unsaturated/α-hetero) is 1. The zero-order valence-corrected chi connectivity index (χ0v) is 15.7. The maximum Gasteiger partial charge on any atom is 0.210 e. The van der Waals surface area contributed by atoms with Crippen LogP contribution in [0.1, 0.15) is 17.3 Å². The van der Waals surface area contributed by atoms with Crippen molar-refractivity contribution in [1.82, 2.24) is 10.2 Å². The molecule has 26 heavy (non-hydrogen) atoms. The molecule has 3 rings (SSSR count). The van der Waals surface area contributed by atoms with E-state index in [2.05, 4.69) is 15.5 Å². The second-order valence-corrected chi connectivity index (χ2v) is 7.92. The molecule has 134 valence electrons. The van der Waals surface area contributed by atoms with E-state index in [0.29, 0.717) is 15.0 Å². The summed E-state index contributed by atoms with van der Waals surface area (Å²) in [7, 11) is 1.62. The number of rotatable bonds is 7. The summed E-state index contributed by atoms with van der Waals surface area (Å²) in [5.41, 5.74) is 1.35. The molecule has 0 saturated carbocycles. The van der Waals surface area contributed by atoms with Crippen LogP contribution >= 0.6 is 23.1 Å². The predicted octanol–water partition coefficient (Wildman–Crippen LogP) is 4.79. The first-order valence-electron chi connectivity index (χ1n) is 7.76. The molecule has 0 amide bonds. The smallest absolute Gasteiger partial charge is 0.210 e. The Morgan fingerprint density at radius 2 is 1.85 bits per heavy atom. The summed E-state index contributed by atoms with van der Waals surface area (Å²) in [5, 5.41) is 11.7. The molecule has 0 aliphatic carbocycles. The van der Waals surface area contributed by atoms with E-state index in [1.165, 1.54) is 47.4 Å². The van der Waals surface area contributed by atoms with Gasteiger partial charge in [0.2, 0.25) is 5.13 Å². The normalized spacial score (nSPS) is 11.8. The van der Waals surface area contributed by atoms with Crippen molar-refractivity contribution < 1.29 is 13.9 Å². The van der Waals surface area contributed by atoms with Gasteiger partial charge in [-0.2, -0.15) is 0 Å². The van der Waals surface area contributed by atoms with Crippen LogP contribution in [-0.2, 0) is 0 Å². The summed E-state index contributed by atoms with van der Waals surface area (Å²) in [6.07, 6.45) is 0. The number of halogens is 1. The maximum atomic E-state index is 13.0. The molecular weight excluding hydrogens is 373 g/mol. The van der Waals surface area contributed by atoms with E-state index < -0.39 is 0 Å². The van der Waals surface area contributed by atoms with Crippen molar-refractivity contribution in [3.63, 3.8) is 0 Å². The highest BCUT2D eigenvalue weighted by Gasteiger charge is 2.19. The van der Waals surface area contributed by atoms with Crippen LogP contribution in [0.5, 0.6) is 5.75 Å². The van der Waals surface area contributed by atoms with Gasteiger partial charge in [-0.15, -0.1) is 10.2 Å². The molecule has 0 saturated heterocycles. The van der Waals surface area contributed by atoms with E-state index in [1.54, 1.807) is 14.0 Å². The molecule has 1 N–H and O–H groups in total. The zero-order valence-electron chi connectivity index (χ0n) is 14.1. The number of hydrogen-bond donors (Lipinski definition) is 1. The minimum atomic E-state index is -0.361. The number of ether oxygens (including phenoxy) is 1. The highest BCUT2D eigenvalue weighted by atomic mass is 32.2. The van der Waals surface area contributed by atoms with Crippen molar-refractivity contribution in [2.75, 3.05) is 12.4 Å². The van der Waals surface area contributed by atoms with Crippen LogP contribution in [0.2, 0.25) is 0 Å². The van der Waals surface area contributed by atoms with Gasteiger partial charge in [0.1, 0.15) is 11.6 Å². The van der Waals surface area contributed by atoms with Crippen LogP contribution < -0.4 is 10.1 Å². The largest absolute Gasteiger partial charge is 0.497 e. The minimum Gasteiger partial charge on any atom is -0.497 e. The topological polar surface area (TPSA) is 64.1 Å². The fourth-order valence-corrected chi connectivity index (χ4v) is 4.15. The van der Waals surface area contributed by atoms with Gasteiger partial charge < -0.3 is 10.1 Å². The number of hydrogen-bond acceptors (Lipinski definition) is 7. The molecule has 1 heterocycles. The number of thioether (sulfide) groups is 1. The number of carbonyl (C=O) groups is 1. The highest BCUT2D eigenvalue weighted by molar-refractivity contribution is 8.02. The summed E-state index contributed by atoms with van der Waals surface area (Å²) in [6.45, 7) is 1.80. The van der Waals surface area contributed by atoms with E-state index in [1.807, 2.05) is 24.3 Å². The van der Waals surface area contributed by atoms with E-state index in [4.69, 9.17) is 4.74 Å². The van der Waals surface area contributed by atoms with Crippen LogP contribution in [-0.4, -0.2) is 28.3 Å². The standard InChI is InChI=1S/C18H16FN3O2S2/c1-11(16(23)12-3-5-13(19)6-4-12)25-18-22-21-17(26-18)20-14-7-9-15(24-2)10-8-14/h3-11H,1-2H3,(H,20,21)/t11-/m0/s1. The third-order valence-electron chi connectivity index (χ3n) is 3.52. The van der Waals surface area contributed by atoms with Gasteiger partial charge >= 0.3 is 0 Å². The number of anilines is 2. The van der Waals surface area contributed by atoms with Crippen molar-refractivity contribution >= 4 is 39.7 Å². The average Bonchev–Trinajstić information content (AvgIpc) is 3.09. The van der Waals surface area contributed by atoms with Crippen LogP contribution in [0.4, 0.5) is 15.2 Å². The van der Waals surface area contributed by atoms with E-state index >= 15 is 0 Å². The Morgan fingerprint density at radius 3 is 2.50 bits per heavy atom. The lowest BCUT2D eigenvalue weighted by atomic mass is 10.1. The van der Waals surface area contributed by atoms with Crippen molar-refractivity contribution in [2.45, 2.75) is 16.5 Å². The van der Waals surface area contributed by atoms with Gasteiger partial charge in [-0.25, -0.2) is 4.39 Å². The molecule has 8 heteroatoms. The predicted molar refractivity (Wildman–Crippen MR) is 102 cm³/mol. The molecule has 0 fully saturated rings. The van der Waals surface area contributed by atoms with Gasteiger partial charge in [0.05, 0.1) is 12.4 Å². The van der Waals surface area contributed by atoms with Crippen molar-refractivity contribution in [3.8, 4) is 5.75 Å². The number of aromatic nitrogens is 2. The third-order valence-corrected chi connectivity index (χ3v) is 5.55. The Labute approximate surface area is 158 Å². The molecule has 0 spiro atoms. The molecule has 0 radical (unpaired) electrons. The van der Waals surface area contributed by atoms with Gasteiger partial charge in [0.25, 0.3) is 0 Å². The lowest BCUT2D eigenvalue weighted by Gasteiger charge is -2.07. The Morgan fingerprint density at radius 1 is 1.15 bits per heavy atom. The van der Waals surface area contributed by atoms with E-state index in [-0.39, 0.29) is 16.9 Å². The van der Waals surface area contributed by atoms with Crippen molar-refractivity contribution in [1.29, 1.82) is 0 Å². The molecule has 0 aliphatic rings. The number of nitrogens with zero attached hydrogens (tertiary/aromatic N) is 2. The summed E-state index contributed by atoms with van der Waals surface area (Å²) >= 11 is 2.70. The SMILES string of the molecule is COc1ccc(Nc2nnc(S[C@@H](C)C(=O)c3ccc(F)cc3)s2)cc1. The number of nitrogens with one attached hydrogen (secondary N) is 1. The van der Waals surface area contributed by atoms with Crippen LogP contribution in [0, 0.1) is 5.82 Å². The molecule has 0 aliphatic heterocycles. The fourth-order valence-electron chi connectivity index (χ4n) is 2.16. The number of carbonyl (C=O) groups excluding carboxylic acids is 1.